The third kappa shape index (κ3) is 4.10. The second kappa shape index (κ2) is 6.01. The smallest absolute Gasteiger partial charge is 0.332 e. The maximum atomic E-state index is 11.8. The Morgan fingerprint density at radius 2 is 1.67 bits per heavy atom. The van der Waals surface area contributed by atoms with Crippen LogP contribution in [-0.4, -0.2) is 13.5 Å². The molecule has 0 amide bonds. The molecule has 110 valence electrons. The molecule has 0 fully saturated rings. The number of para-hydroxylation sites is 1. The molecule has 0 heterocycles. The van der Waals surface area contributed by atoms with E-state index in [4.69, 9.17) is 4.18 Å². The van der Waals surface area contributed by atoms with Gasteiger partial charge in [0.25, 0.3) is 0 Å². The van der Waals surface area contributed by atoms with Gasteiger partial charge in [0.05, 0.1) is 5.41 Å². The second-order valence-corrected chi connectivity index (χ2v) is 6.11. The van der Waals surface area contributed by atoms with E-state index in [1.165, 1.54) is 6.08 Å². The highest BCUT2D eigenvalue weighted by Crippen LogP contribution is 2.23. The normalized spacial score (nSPS) is 11.7. The van der Waals surface area contributed by atoms with Crippen LogP contribution in [0.4, 0.5) is 0 Å². The van der Waals surface area contributed by atoms with Crippen LogP contribution in [0.2, 0.25) is 0 Å². The van der Waals surface area contributed by atoms with Gasteiger partial charge in [-0.2, -0.15) is 8.42 Å². The highest BCUT2D eigenvalue weighted by Gasteiger charge is 2.09. The summed E-state index contributed by atoms with van der Waals surface area (Å²) in [4.78, 5) is 0. The summed E-state index contributed by atoms with van der Waals surface area (Å²) in [5.74, 6) is 0.274. The molecule has 2 aromatic carbocycles. The molecule has 0 aromatic heterocycles. The van der Waals surface area contributed by atoms with Crippen molar-refractivity contribution in [2.24, 2.45) is 0 Å². The van der Waals surface area contributed by atoms with Crippen LogP contribution in [0.3, 0.4) is 0 Å². The predicted molar refractivity (Wildman–Crippen MR) is 82.6 cm³/mol. The fourth-order valence-corrected chi connectivity index (χ4v) is 2.50. The van der Waals surface area contributed by atoms with E-state index >= 15 is 0 Å². The average Bonchev–Trinajstić information content (AvgIpc) is 2.42. The summed E-state index contributed by atoms with van der Waals surface area (Å²) in [5.41, 5.74) is 2.33. The van der Waals surface area contributed by atoms with Gasteiger partial charge in [0.15, 0.2) is 0 Å². The van der Waals surface area contributed by atoms with Crippen LogP contribution < -0.4 is 4.18 Å². The topological polar surface area (TPSA) is 63.6 Å². The first kappa shape index (κ1) is 15.1. The third-order valence-corrected chi connectivity index (χ3v) is 3.91. The standard InChI is InChI=1S/C16H16O4S/c1-12-10-14(16(17)11-13(12)2)8-9-21(18,19)20-15-6-4-3-5-7-15/h3-11,17H,1-2H3/b9-8+. The Balaban J connectivity index is 2.22. The number of aromatic hydroxyl groups is 1. The second-order valence-electron chi connectivity index (χ2n) is 4.69. The fourth-order valence-electron chi connectivity index (χ4n) is 1.75. The zero-order valence-corrected chi connectivity index (χ0v) is 12.6. The zero-order valence-electron chi connectivity index (χ0n) is 11.8. The molecule has 0 aliphatic carbocycles. The van der Waals surface area contributed by atoms with Crippen LogP contribution in [0, 0.1) is 13.8 Å². The summed E-state index contributed by atoms with van der Waals surface area (Å²) in [7, 11) is -3.86. The van der Waals surface area contributed by atoms with E-state index < -0.39 is 10.1 Å². The van der Waals surface area contributed by atoms with Gasteiger partial charge in [-0.05, 0) is 55.3 Å². The van der Waals surface area contributed by atoms with Crippen molar-refractivity contribution in [2.45, 2.75) is 13.8 Å². The van der Waals surface area contributed by atoms with Crippen LogP contribution in [0.25, 0.3) is 6.08 Å². The van der Waals surface area contributed by atoms with Crippen molar-refractivity contribution < 1.29 is 17.7 Å². The molecule has 0 aliphatic rings. The van der Waals surface area contributed by atoms with Crippen molar-refractivity contribution in [3.63, 3.8) is 0 Å². The number of aryl methyl sites for hydroxylation is 2. The minimum atomic E-state index is -3.86. The number of benzene rings is 2. The van der Waals surface area contributed by atoms with Crippen molar-refractivity contribution in [2.75, 3.05) is 0 Å². The Labute approximate surface area is 124 Å². The van der Waals surface area contributed by atoms with Gasteiger partial charge < -0.3 is 9.29 Å². The minimum Gasteiger partial charge on any atom is -0.507 e. The van der Waals surface area contributed by atoms with Gasteiger partial charge in [-0.3, -0.25) is 0 Å². The van der Waals surface area contributed by atoms with Gasteiger partial charge in [-0.25, -0.2) is 0 Å². The lowest BCUT2D eigenvalue weighted by molar-refractivity contribution is 0.473. The molecule has 0 spiro atoms. The van der Waals surface area contributed by atoms with E-state index in [1.807, 2.05) is 13.8 Å². The van der Waals surface area contributed by atoms with Crippen LogP contribution in [0.1, 0.15) is 16.7 Å². The molecular formula is C16H16O4S. The first-order valence-electron chi connectivity index (χ1n) is 6.35. The summed E-state index contributed by atoms with van der Waals surface area (Å²) >= 11 is 0. The first-order valence-corrected chi connectivity index (χ1v) is 7.82. The number of hydrogen-bond donors (Lipinski definition) is 1. The minimum absolute atomic E-state index is 0.0317. The van der Waals surface area contributed by atoms with Crippen LogP contribution in [0.15, 0.2) is 47.9 Å². The van der Waals surface area contributed by atoms with E-state index in [1.54, 1.807) is 42.5 Å². The first-order chi connectivity index (χ1) is 9.87. The molecule has 5 heteroatoms. The van der Waals surface area contributed by atoms with Gasteiger partial charge in [0.1, 0.15) is 11.5 Å². The monoisotopic (exact) mass is 304 g/mol. The van der Waals surface area contributed by atoms with Crippen molar-refractivity contribution in [3.05, 3.63) is 64.6 Å². The molecule has 21 heavy (non-hydrogen) atoms. The molecule has 0 aliphatic heterocycles. The molecule has 0 bridgehead atoms. The number of hydrogen-bond acceptors (Lipinski definition) is 4. The van der Waals surface area contributed by atoms with E-state index in [9.17, 15) is 13.5 Å². The molecule has 0 atom stereocenters. The van der Waals surface area contributed by atoms with Crippen molar-refractivity contribution >= 4 is 16.2 Å². The quantitative estimate of drug-likeness (QED) is 0.879. The molecule has 0 saturated carbocycles. The number of rotatable bonds is 4. The fraction of sp³-hybridized carbons (Fsp3) is 0.125. The molecule has 0 unspecified atom stereocenters. The molecule has 0 radical (unpaired) electrons. The van der Waals surface area contributed by atoms with Gasteiger partial charge in [0, 0.05) is 5.56 Å². The Morgan fingerprint density at radius 3 is 2.33 bits per heavy atom. The van der Waals surface area contributed by atoms with E-state index in [0.29, 0.717) is 5.56 Å². The lowest BCUT2D eigenvalue weighted by Gasteiger charge is -2.05. The summed E-state index contributed by atoms with van der Waals surface area (Å²) in [6.07, 6.45) is 1.32. The largest absolute Gasteiger partial charge is 0.507 e. The van der Waals surface area contributed by atoms with Gasteiger partial charge in [-0.15, -0.1) is 0 Å². The molecule has 2 rings (SSSR count). The Morgan fingerprint density at radius 1 is 1.05 bits per heavy atom. The maximum Gasteiger partial charge on any atom is 0.332 e. The van der Waals surface area contributed by atoms with Gasteiger partial charge in [-0.1, -0.05) is 18.2 Å². The van der Waals surface area contributed by atoms with Gasteiger partial charge >= 0.3 is 10.1 Å². The maximum absolute atomic E-state index is 11.8. The Hall–Kier alpha value is -2.27. The van der Waals surface area contributed by atoms with Crippen LogP contribution in [-0.2, 0) is 10.1 Å². The third-order valence-electron chi connectivity index (χ3n) is 3.01. The Kier molecular flexibility index (Phi) is 4.33. The molecule has 1 N–H and O–H groups in total. The summed E-state index contributed by atoms with van der Waals surface area (Å²) in [6, 6.07) is 11.6. The molecule has 4 nitrogen and oxygen atoms in total. The molecule has 0 saturated heterocycles. The molecular weight excluding hydrogens is 288 g/mol. The van der Waals surface area contributed by atoms with Crippen LogP contribution >= 0.6 is 0 Å². The zero-order chi connectivity index (χ0) is 15.5. The lowest BCUT2D eigenvalue weighted by Crippen LogP contribution is -2.04. The van der Waals surface area contributed by atoms with Crippen molar-refractivity contribution in [1.82, 2.24) is 0 Å². The highest BCUT2D eigenvalue weighted by molar-refractivity contribution is 7.90. The van der Waals surface area contributed by atoms with Crippen molar-refractivity contribution in [1.29, 1.82) is 0 Å². The number of phenols is 1. The van der Waals surface area contributed by atoms with E-state index in [0.717, 1.165) is 16.5 Å². The summed E-state index contributed by atoms with van der Waals surface area (Å²) in [5, 5.41) is 10.7. The van der Waals surface area contributed by atoms with Gasteiger partial charge in [0.2, 0.25) is 0 Å². The Bertz CT molecular complexity index is 762. The average molecular weight is 304 g/mol. The SMILES string of the molecule is Cc1cc(O)c(/C=C/S(=O)(=O)Oc2ccccc2)cc1C. The van der Waals surface area contributed by atoms with Crippen molar-refractivity contribution in [3.8, 4) is 11.5 Å². The predicted octanol–water partition coefficient (Wildman–Crippen LogP) is 3.39. The van der Waals surface area contributed by atoms with E-state index in [2.05, 4.69) is 0 Å². The summed E-state index contributed by atoms with van der Waals surface area (Å²) < 4.78 is 28.6. The lowest BCUT2D eigenvalue weighted by atomic mass is 10.1. The van der Waals surface area contributed by atoms with E-state index in [-0.39, 0.29) is 11.5 Å². The molecule has 2 aromatic rings. The number of phenolic OH excluding ortho intramolecular Hbond substituents is 1. The van der Waals surface area contributed by atoms with Crippen LogP contribution in [0.5, 0.6) is 11.5 Å². The highest BCUT2D eigenvalue weighted by atomic mass is 32.2. The summed E-state index contributed by atoms with van der Waals surface area (Å²) in [6.45, 7) is 3.76.